The van der Waals surface area contributed by atoms with E-state index < -0.39 is 15.6 Å². The molecule has 1 saturated heterocycles. The third-order valence-corrected chi connectivity index (χ3v) is 7.38. The fraction of sp³-hybridized carbons (Fsp3) is 0.429. The van der Waals surface area contributed by atoms with Gasteiger partial charge in [0.15, 0.2) is 0 Å². The molecule has 0 saturated carbocycles. The van der Waals surface area contributed by atoms with Crippen molar-refractivity contribution in [2.75, 3.05) is 39.9 Å². The van der Waals surface area contributed by atoms with Gasteiger partial charge in [-0.15, -0.1) is 0 Å². The number of likely N-dealkylation sites (tertiary alicyclic amines) is 1. The van der Waals surface area contributed by atoms with Gasteiger partial charge in [-0.3, -0.25) is 4.90 Å². The Morgan fingerprint density at radius 1 is 1.17 bits per heavy atom. The number of para-hydroxylation sites is 1. The molecule has 0 aromatic heterocycles. The third kappa shape index (κ3) is 4.16. The van der Waals surface area contributed by atoms with Crippen LogP contribution >= 0.6 is 0 Å². The van der Waals surface area contributed by atoms with Crippen LogP contribution < -0.4 is 4.74 Å². The molecular formula is C21H25FN2O4S. The van der Waals surface area contributed by atoms with Gasteiger partial charge in [0.1, 0.15) is 22.1 Å². The predicted molar refractivity (Wildman–Crippen MR) is 107 cm³/mol. The number of rotatable bonds is 5. The highest BCUT2D eigenvalue weighted by Gasteiger charge is 2.47. The van der Waals surface area contributed by atoms with E-state index in [0.717, 1.165) is 12.1 Å². The third-order valence-electron chi connectivity index (χ3n) is 5.49. The van der Waals surface area contributed by atoms with E-state index >= 15 is 0 Å². The maximum Gasteiger partial charge on any atom is 0.246 e. The summed E-state index contributed by atoms with van der Waals surface area (Å²) in [5.41, 5.74) is 0.237. The molecule has 0 aliphatic carbocycles. The average Bonchev–Trinajstić information content (AvgIpc) is 3.03. The maximum atomic E-state index is 13.5. The van der Waals surface area contributed by atoms with E-state index in [0.29, 0.717) is 31.9 Å². The van der Waals surface area contributed by atoms with Gasteiger partial charge in [-0.1, -0.05) is 24.3 Å². The number of hydrogen-bond acceptors (Lipinski definition) is 5. The number of halogens is 1. The molecule has 6 nitrogen and oxygen atoms in total. The van der Waals surface area contributed by atoms with Gasteiger partial charge in [-0.2, -0.15) is 4.31 Å². The maximum absolute atomic E-state index is 13.5. The van der Waals surface area contributed by atoms with Crippen LogP contribution in [-0.4, -0.2) is 63.1 Å². The van der Waals surface area contributed by atoms with Gasteiger partial charge in [-0.05, 0) is 29.8 Å². The van der Waals surface area contributed by atoms with E-state index in [1.54, 1.807) is 37.4 Å². The molecule has 2 aromatic rings. The van der Waals surface area contributed by atoms with Gasteiger partial charge in [-0.25, -0.2) is 12.8 Å². The second-order valence-electron chi connectivity index (χ2n) is 7.65. The van der Waals surface area contributed by atoms with Gasteiger partial charge in [0.05, 0.1) is 13.2 Å². The number of methoxy groups -OCH3 is 1. The van der Waals surface area contributed by atoms with Crippen molar-refractivity contribution in [2.24, 2.45) is 0 Å². The SMILES string of the molecule is COCCN1C[C@@]2(CCN(Cc3cccc(F)c3)C2)Oc2ccccc2S1(=O)=O. The Morgan fingerprint density at radius 2 is 2.00 bits per heavy atom. The standard InChI is InChI=1S/C21H25FN2O4S/c1-27-12-11-24-16-21(28-19-7-2-3-8-20(19)29(24,25)26)9-10-23(15-21)14-17-5-4-6-18(22)13-17/h2-8,13H,9-12,14-16H2,1H3/t21-/m0/s1. The smallest absolute Gasteiger partial charge is 0.246 e. The molecule has 8 heteroatoms. The molecule has 0 unspecified atom stereocenters. The monoisotopic (exact) mass is 420 g/mol. The molecule has 4 rings (SSSR count). The quantitative estimate of drug-likeness (QED) is 0.744. The highest BCUT2D eigenvalue weighted by atomic mass is 32.2. The molecule has 0 amide bonds. The molecule has 2 aromatic carbocycles. The summed E-state index contributed by atoms with van der Waals surface area (Å²) in [6.45, 7) is 2.74. The molecular weight excluding hydrogens is 395 g/mol. The second-order valence-corrected chi connectivity index (χ2v) is 9.56. The van der Waals surface area contributed by atoms with Crippen molar-refractivity contribution in [1.29, 1.82) is 0 Å². The van der Waals surface area contributed by atoms with E-state index in [1.807, 2.05) is 6.07 Å². The first kappa shape index (κ1) is 20.3. The van der Waals surface area contributed by atoms with Crippen molar-refractivity contribution < 1.29 is 22.3 Å². The zero-order chi connectivity index (χ0) is 20.5. The molecule has 29 heavy (non-hydrogen) atoms. The van der Waals surface area contributed by atoms with Crippen LogP contribution in [0.2, 0.25) is 0 Å². The van der Waals surface area contributed by atoms with Crippen LogP contribution in [-0.2, 0) is 21.3 Å². The van der Waals surface area contributed by atoms with Crippen LogP contribution in [0.15, 0.2) is 53.4 Å². The van der Waals surface area contributed by atoms with Gasteiger partial charge < -0.3 is 9.47 Å². The van der Waals surface area contributed by atoms with Crippen molar-refractivity contribution in [3.8, 4) is 5.75 Å². The first-order valence-corrected chi connectivity index (χ1v) is 11.1. The molecule has 0 bridgehead atoms. The van der Waals surface area contributed by atoms with Crippen LogP contribution in [0.5, 0.6) is 5.75 Å². The lowest BCUT2D eigenvalue weighted by molar-refractivity contribution is 0.0533. The van der Waals surface area contributed by atoms with Crippen molar-refractivity contribution >= 4 is 10.0 Å². The minimum Gasteiger partial charge on any atom is -0.483 e. The predicted octanol–water partition coefficient (Wildman–Crippen LogP) is 2.50. The molecule has 1 fully saturated rings. The zero-order valence-corrected chi connectivity index (χ0v) is 17.2. The molecule has 2 heterocycles. The van der Waals surface area contributed by atoms with Crippen LogP contribution in [0.3, 0.4) is 0 Å². The number of benzene rings is 2. The number of ether oxygens (including phenoxy) is 2. The first-order valence-electron chi connectivity index (χ1n) is 9.66. The Morgan fingerprint density at radius 3 is 2.79 bits per heavy atom. The Kier molecular flexibility index (Phi) is 5.61. The normalized spacial score (nSPS) is 24.2. The van der Waals surface area contributed by atoms with Crippen molar-refractivity contribution in [3.63, 3.8) is 0 Å². The van der Waals surface area contributed by atoms with E-state index in [-0.39, 0.29) is 23.8 Å². The van der Waals surface area contributed by atoms with Gasteiger partial charge in [0.25, 0.3) is 0 Å². The Balaban J connectivity index is 1.62. The largest absolute Gasteiger partial charge is 0.483 e. The summed E-state index contributed by atoms with van der Waals surface area (Å²) in [6.07, 6.45) is 0.690. The lowest BCUT2D eigenvalue weighted by atomic mass is 10.0. The molecule has 1 spiro atoms. The van der Waals surface area contributed by atoms with Gasteiger partial charge >= 0.3 is 0 Å². The molecule has 0 N–H and O–H groups in total. The summed E-state index contributed by atoms with van der Waals surface area (Å²) in [4.78, 5) is 2.38. The van der Waals surface area contributed by atoms with Gasteiger partial charge in [0.2, 0.25) is 10.0 Å². The van der Waals surface area contributed by atoms with Gasteiger partial charge in [0, 0.05) is 39.7 Å². The molecule has 2 aliphatic heterocycles. The summed E-state index contributed by atoms with van der Waals surface area (Å²) in [5, 5.41) is 0. The van der Waals surface area contributed by atoms with Crippen LogP contribution in [0.25, 0.3) is 0 Å². The number of sulfonamides is 1. The zero-order valence-electron chi connectivity index (χ0n) is 16.4. The fourth-order valence-corrected chi connectivity index (χ4v) is 5.73. The average molecular weight is 421 g/mol. The van der Waals surface area contributed by atoms with Crippen LogP contribution in [0.1, 0.15) is 12.0 Å². The lowest BCUT2D eigenvalue weighted by Crippen LogP contribution is -2.49. The molecule has 2 aliphatic rings. The molecule has 156 valence electrons. The van der Waals surface area contributed by atoms with Crippen LogP contribution in [0.4, 0.5) is 4.39 Å². The first-order chi connectivity index (χ1) is 13.9. The van der Waals surface area contributed by atoms with E-state index in [1.165, 1.54) is 16.4 Å². The minimum atomic E-state index is -3.68. The Hall–Kier alpha value is -2.00. The summed E-state index contributed by atoms with van der Waals surface area (Å²) in [7, 11) is -2.12. The van der Waals surface area contributed by atoms with Crippen molar-refractivity contribution in [1.82, 2.24) is 9.21 Å². The minimum absolute atomic E-state index is 0.191. The Labute approximate surface area is 170 Å². The van der Waals surface area contributed by atoms with E-state index in [2.05, 4.69) is 4.90 Å². The highest BCUT2D eigenvalue weighted by Crippen LogP contribution is 2.38. The lowest BCUT2D eigenvalue weighted by Gasteiger charge is -2.32. The number of fused-ring (bicyclic) bond motifs is 1. The number of hydrogen-bond donors (Lipinski definition) is 0. The van der Waals surface area contributed by atoms with E-state index in [4.69, 9.17) is 9.47 Å². The summed E-state index contributed by atoms with van der Waals surface area (Å²) < 4.78 is 52.9. The fourth-order valence-electron chi connectivity index (χ4n) is 4.12. The summed E-state index contributed by atoms with van der Waals surface area (Å²) in [6, 6.07) is 13.3. The number of nitrogens with zero attached hydrogens (tertiary/aromatic N) is 2. The van der Waals surface area contributed by atoms with Crippen molar-refractivity contribution in [3.05, 3.63) is 59.9 Å². The Bertz CT molecular complexity index is 984. The highest BCUT2D eigenvalue weighted by molar-refractivity contribution is 7.89. The topological polar surface area (TPSA) is 59.1 Å². The van der Waals surface area contributed by atoms with E-state index in [9.17, 15) is 12.8 Å². The summed E-state index contributed by atoms with van der Waals surface area (Å²) in [5.74, 6) is 0.132. The molecule has 1 atom stereocenters. The van der Waals surface area contributed by atoms with Crippen molar-refractivity contribution in [2.45, 2.75) is 23.5 Å². The summed E-state index contributed by atoms with van der Waals surface area (Å²) >= 11 is 0. The second kappa shape index (κ2) is 8.02. The molecule has 0 radical (unpaired) electrons. The van der Waals surface area contributed by atoms with Crippen LogP contribution in [0, 0.1) is 5.82 Å².